The minimum absolute atomic E-state index is 0.306. The molecule has 0 heterocycles. The molecule has 1 unspecified atom stereocenters. The van der Waals surface area contributed by atoms with Crippen molar-refractivity contribution in [2.45, 2.75) is 77.6 Å². The van der Waals surface area contributed by atoms with E-state index in [1.807, 2.05) is 27.7 Å². The summed E-state index contributed by atoms with van der Waals surface area (Å²) in [5, 5.41) is 21.6. The summed E-state index contributed by atoms with van der Waals surface area (Å²) in [6, 6.07) is 0. The maximum absolute atomic E-state index is 10.8. The summed E-state index contributed by atoms with van der Waals surface area (Å²) in [5.41, 5.74) is -1.17. The lowest BCUT2D eigenvalue weighted by atomic mass is 9.81. The molecule has 4 heteroatoms. The minimum Gasteiger partial charge on any atom is -0.384 e. The molecule has 0 rings (SSSR count). The average molecular weight is 276 g/mol. The van der Waals surface area contributed by atoms with Gasteiger partial charge in [0.05, 0.1) is 13.2 Å². The van der Waals surface area contributed by atoms with Crippen LogP contribution in [0.3, 0.4) is 0 Å². The zero-order chi connectivity index (χ0) is 14.8. The molecule has 0 aromatic rings. The lowest BCUT2D eigenvalue weighted by molar-refractivity contribution is -0.309. The predicted molar refractivity (Wildman–Crippen MR) is 77.1 cm³/mol. The van der Waals surface area contributed by atoms with Crippen LogP contribution in [-0.4, -0.2) is 41.4 Å². The standard InChI is InChI=1S/C15H32O4/c1-5-9-14(16,10-6-2)15(17,11-7-3)19-13-12-18-8-4/h16-17H,5-13H2,1-4H3. The second-order valence-electron chi connectivity index (χ2n) is 5.11. The summed E-state index contributed by atoms with van der Waals surface area (Å²) in [6.45, 7) is 9.29. The van der Waals surface area contributed by atoms with Crippen LogP contribution in [0.2, 0.25) is 0 Å². The van der Waals surface area contributed by atoms with Gasteiger partial charge in [0.2, 0.25) is 0 Å². The fraction of sp³-hybridized carbons (Fsp3) is 1.00. The van der Waals surface area contributed by atoms with Crippen molar-refractivity contribution in [1.29, 1.82) is 0 Å². The van der Waals surface area contributed by atoms with Crippen LogP contribution in [0.25, 0.3) is 0 Å². The molecule has 1 atom stereocenters. The van der Waals surface area contributed by atoms with E-state index in [4.69, 9.17) is 9.47 Å². The van der Waals surface area contributed by atoms with E-state index in [1.165, 1.54) is 0 Å². The number of ether oxygens (including phenoxy) is 2. The molecule has 0 aliphatic carbocycles. The van der Waals surface area contributed by atoms with Crippen molar-refractivity contribution in [1.82, 2.24) is 0 Å². The Kier molecular flexibility index (Phi) is 9.62. The van der Waals surface area contributed by atoms with E-state index in [1.54, 1.807) is 0 Å². The molecule has 0 aliphatic heterocycles. The van der Waals surface area contributed by atoms with E-state index in [-0.39, 0.29) is 0 Å². The summed E-state index contributed by atoms with van der Waals surface area (Å²) in [4.78, 5) is 0. The summed E-state index contributed by atoms with van der Waals surface area (Å²) in [5.74, 6) is -1.47. The molecule has 0 amide bonds. The molecule has 0 fully saturated rings. The fourth-order valence-corrected chi connectivity index (χ4v) is 2.53. The van der Waals surface area contributed by atoms with Gasteiger partial charge in [-0.15, -0.1) is 0 Å². The largest absolute Gasteiger partial charge is 0.384 e. The highest BCUT2D eigenvalue weighted by Crippen LogP contribution is 2.36. The zero-order valence-electron chi connectivity index (χ0n) is 13.1. The van der Waals surface area contributed by atoms with Gasteiger partial charge >= 0.3 is 0 Å². The van der Waals surface area contributed by atoms with Gasteiger partial charge in [0, 0.05) is 13.0 Å². The monoisotopic (exact) mass is 276 g/mol. The van der Waals surface area contributed by atoms with Crippen molar-refractivity contribution in [3.63, 3.8) is 0 Å². The van der Waals surface area contributed by atoms with Crippen LogP contribution in [-0.2, 0) is 9.47 Å². The molecular formula is C15H32O4. The normalized spacial score (nSPS) is 15.5. The molecule has 0 aliphatic rings. The molecule has 2 N–H and O–H groups in total. The highest BCUT2D eigenvalue weighted by molar-refractivity contribution is 4.93. The maximum atomic E-state index is 10.8. The number of rotatable bonds is 12. The maximum Gasteiger partial charge on any atom is 0.194 e. The van der Waals surface area contributed by atoms with Crippen LogP contribution in [0.1, 0.15) is 66.2 Å². The first-order chi connectivity index (χ1) is 8.99. The average Bonchev–Trinajstić information content (AvgIpc) is 2.35. The highest BCUT2D eigenvalue weighted by atomic mass is 16.6. The van der Waals surface area contributed by atoms with Crippen LogP contribution in [0.4, 0.5) is 0 Å². The van der Waals surface area contributed by atoms with Crippen molar-refractivity contribution < 1.29 is 19.7 Å². The summed E-state index contributed by atoms with van der Waals surface area (Å²) in [6.07, 6.45) is 3.93. The zero-order valence-corrected chi connectivity index (χ0v) is 13.1. The van der Waals surface area contributed by atoms with Crippen molar-refractivity contribution in [3.05, 3.63) is 0 Å². The van der Waals surface area contributed by atoms with E-state index >= 15 is 0 Å². The topological polar surface area (TPSA) is 58.9 Å². The summed E-state index contributed by atoms with van der Waals surface area (Å²) in [7, 11) is 0. The fourth-order valence-electron chi connectivity index (χ4n) is 2.53. The van der Waals surface area contributed by atoms with Crippen LogP contribution >= 0.6 is 0 Å². The van der Waals surface area contributed by atoms with Crippen LogP contribution in [0, 0.1) is 0 Å². The molecule has 116 valence electrons. The molecule has 4 nitrogen and oxygen atoms in total. The number of hydrogen-bond acceptors (Lipinski definition) is 4. The van der Waals surface area contributed by atoms with E-state index in [0.29, 0.717) is 39.1 Å². The Balaban J connectivity index is 4.76. The van der Waals surface area contributed by atoms with Gasteiger partial charge < -0.3 is 19.7 Å². The molecule has 0 radical (unpaired) electrons. The molecule has 0 aromatic carbocycles. The first-order valence-corrected chi connectivity index (χ1v) is 7.66. The van der Waals surface area contributed by atoms with E-state index in [0.717, 1.165) is 19.3 Å². The molecule has 19 heavy (non-hydrogen) atoms. The lowest BCUT2D eigenvalue weighted by Crippen LogP contribution is -2.56. The number of hydrogen-bond donors (Lipinski definition) is 2. The van der Waals surface area contributed by atoms with Gasteiger partial charge in [0.25, 0.3) is 0 Å². The van der Waals surface area contributed by atoms with Gasteiger partial charge in [0.1, 0.15) is 5.60 Å². The Labute approximate surface area is 118 Å². The molecule has 0 spiro atoms. The summed E-state index contributed by atoms with van der Waals surface area (Å²) < 4.78 is 10.8. The molecule has 0 aromatic heterocycles. The Hall–Kier alpha value is -0.160. The first-order valence-electron chi connectivity index (χ1n) is 7.66. The Bertz CT molecular complexity index is 214. The van der Waals surface area contributed by atoms with E-state index in [9.17, 15) is 10.2 Å². The smallest absolute Gasteiger partial charge is 0.194 e. The van der Waals surface area contributed by atoms with Crippen molar-refractivity contribution in [2.24, 2.45) is 0 Å². The van der Waals surface area contributed by atoms with Gasteiger partial charge in [-0.1, -0.05) is 40.0 Å². The van der Waals surface area contributed by atoms with Crippen LogP contribution < -0.4 is 0 Å². The third-order valence-electron chi connectivity index (χ3n) is 3.42. The third kappa shape index (κ3) is 5.78. The molecule has 0 bridgehead atoms. The Morgan fingerprint density at radius 2 is 1.32 bits per heavy atom. The number of aliphatic hydroxyl groups is 2. The molecule has 0 saturated carbocycles. The van der Waals surface area contributed by atoms with Gasteiger partial charge in [-0.3, -0.25) is 0 Å². The molecule has 0 saturated heterocycles. The van der Waals surface area contributed by atoms with Crippen LogP contribution in [0.5, 0.6) is 0 Å². The minimum atomic E-state index is -1.47. The Morgan fingerprint density at radius 3 is 1.74 bits per heavy atom. The van der Waals surface area contributed by atoms with Crippen molar-refractivity contribution in [2.75, 3.05) is 19.8 Å². The SMILES string of the molecule is CCCC(O)(CCC)C(O)(CCC)OCCOCC. The van der Waals surface area contributed by atoms with Crippen molar-refractivity contribution >= 4 is 0 Å². The van der Waals surface area contributed by atoms with Gasteiger partial charge in [0.15, 0.2) is 5.79 Å². The first kappa shape index (κ1) is 18.8. The molecular weight excluding hydrogens is 244 g/mol. The van der Waals surface area contributed by atoms with Crippen LogP contribution in [0.15, 0.2) is 0 Å². The highest BCUT2D eigenvalue weighted by Gasteiger charge is 2.48. The van der Waals surface area contributed by atoms with E-state index in [2.05, 4.69) is 0 Å². The van der Waals surface area contributed by atoms with Gasteiger partial charge in [-0.05, 0) is 19.8 Å². The summed E-state index contributed by atoms with van der Waals surface area (Å²) >= 11 is 0. The van der Waals surface area contributed by atoms with Gasteiger partial charge in [-0.2, -0.15) is 0 Å². The predicted octanol–water partition coefficient (Wildman–Crippen LogP) is 2.86. The second-order valence-corrected chi connectivity index (χ2v) is 5.11. The van der Waals surface area contributed by atoms with Crippen molar-refractivity contribution in [3.8, 4) is 0 Å². The van der Waals surface area contributed by atoms with E-state index < -0.39 is 11.4 Å². The second kappa shape index (κ2) is 9.70. The Morgan fingerprint density at radius 1 is 0.789 bits per heavy atom. The third-order valence-corrected chi connectivity index (χ3v) is 3.42. The lowest BCUT2D eigenvalue weighted by Gasteiger charge is -2.43. The van der Waals surface area contributed by atoms with Gasteiger partial charge in [-0.25, -0.2) is 0 Å². The quantitative estimate of drug-likeness (QED) is 0.425.